The predicted molar refractivity (Wildman–Crippen MR) is 96.2 cm³/mol. The summed E-state index contributed by atoms with van der Waals surface area (Å²) in [6, 6.07) is 7.19. The number of aliphatic hydroxyl groups excluding tert-OH is 1. The number of aromatic nitrogens is 1. The monoisotopic (exact) mass is 340 g/mol. The first-order valence-electron chi connectivity index (χ1n) is 8.87. The van der Waals surface area contributed by atoms with Crippen molar-refractivity contribution in [2.24, 2.45) is 11.8 Å². The number of rotatable bonds is 4. The normalized spacial score (nSPS) is 29.5. The zero-order valence-electron chi connectivity index (χ0n) is 14.5. The molecule has 5 atom stereocenters. The van der Waals surface area contributed by atoms with Gasteiger partial charge in [-0.3, -0.25) is 4.90 Å². The van der Waals surface area contributed by atoms with Gasteiger partial charge in [0.2, 0.25) is 5.52 Å². The van der Waals surface area contributed by atoms with Gasteiger partial charge in [-0.2, -0.15) is 4.73 Å². The number of benzene rings is 1. The maximum absolute atomic E-state index is 12.1. The van der Waals surface area contributed by atoms with E-state index in [1.807, 2.05) is 6.07 Å². The molecule has 3 aliphatic rings. The second-order valence-corrected chi connectivity index (χ2v) is 7.17. The van der Waals surface area contributed by atoms with Crippen molar-refractivity contribution in [3.63, 3.8) is 0 Å². The Balaban J connectivity index is 1.72. The van der Waals surface area contributed by atoms with Crippen LogP contribution in [0.15, 0.2) is 43.1 Å². The van der Waals surface area contributed by atoms with Gasteiger partial charge in [0.15, 0.2) is 6.20 Å². The Morgan fingerprint density at radius 3 is 2.96 bits per heavy atom. The molecule has 0 saturated carbocycles. The van der Waals surface area contributed by atoms with Crippen molar-refractivity contribution in [1.82, 2.24) is 4.90 Å². The maximum Gasteiger partial charge on any atom is 0.224 e. The van der Waals surface area contributed by atoms with Gasteiger partial charge < -0.3 is 15.1 Å². The highest BCUT2D eigenvalue weighted by atomic mass is 16.5. The zero-order valence-corrected chi connectivity index (χ0v) is 14.5. The Labute approximate surface area is 147 Å². The number of hydrogen-bond acceptors (Lipinski definition) is 4. The van der Waals surface area contributed by atoms with Gasteiger partial charge in [0.1, 0.15) is 5.75 Å². The summed E-state index contributed by atoms with van der Waals surface area (Å²) in [5, 5.41) is 24.0. The summed E-state index contributed by atoms with van der Waals surface area (Å²) in [5.74, 6) is 1.80. The van der Waals surface area contributed by atoms with Gasteiger partial charge >= 0.3 is 0 Å². The van der Waals surface area contributed by atoms with Crippen LogP contribution in [0.5, 0.6) is 5.75 Å². The van der Waals surface area contributed by atoms with Crippen molar-refractivity contribution >= 4 is 10.9 Å². The number of nitrogens with zero attached hydrogens (tertiary/aromatic N) is 2. The van der Waals surface area contributed by atoms with Crippen LogP contribution in [0.25, 0.3) is 10.9 Å². The van der Waals surface area contributed by atoms with Gasteiger partial charge in [0.25, 0.3) is 0 Å². The topological polar surface area (TPSA) is 59.6 Å². The lowest BCUT2D eigenvalue weighted by Crippen LogP contribution is -2.54. The number of fused-ring (bicyclic) bond motifs is 4. The lowest BCUT2D eigenvalue weighted by Gasteiger charge is -2.50. The summed E-state index contributed by atoms with van der Waals surface area (Å²) in [6.45, 7) is 5.94. The number of methoxy groups -OCH3 is 1. The second kappa shape index (κ2) is 6.32. The number of ether oxygens (including phenoxy) is 1. The van der Waals surface area contributed by atoms with E-state index in [-0.39, 0.29) is 6.04 Å². The summed E-state index contributed by atoms with van der Waals surface area (Å²) in [4.78, 5) is 2.38. The largest absolute Gasteiger partial charge is 0.618 e. The van der Waals surface area contributed by atoms with Crippen LogP contribution in [-0.4, -0.2) is 36.2 Å². The van der Waals surface area contributed by atoms with E-state index >= 15 is 0 Å². The van der Waals surface area contributed by atoms with Crippen LogP contribution < -0.4 is 9.47 Å². The van der Waals surface area contributed by atoms with Crippen LogP contribution in [0, 0.1) is 17.0 Å². The van der Waals surface area contributed by atoms with Crippen LogP contribution in [0.4, 0.5) is 0 Å². The van der Waals surface area contributed by atoms with E-state index in [9.17, 15) is 10.3 Å². The molecule has 5 nitrogen and oxygen atoms in total. The molecule has 0 radical (unpaired) electrons. The van der Waals surface area contributed by atoms with Crippen molar-refractivity contribution in [3.05, 3.63) is 53.9 Å². The first-order valence-corrected chi connectivity index (χ1v) is 8.87. The average molecular weight is 340 g/mol. The Morgan fingerprint density at radius 1 is 1.44 bits per heavy atom. The smallest absolute Gasteiger partial charge is 0.224 e. The molecule has 132 valence electrons. The molecule has 5 rings (SSSR count). The first-order chi connectivity index (χ1) is 12.1. The third-order valence-corrected chi connectivity index (χ3v) is 5.98. The van der Waals surface area contributed by atoms with Crippen molar-refractivity contribution in [2.45, 2.75) is 25.0 Å². The fourth-order valence-corrected chi connectivity index (χ4v) is 4.55. The Kier molecular flexibility index (Phi) is 4.13. The van der Waals surface area contributed by atoms with E-state index in [0.717, 1.165) is 35.2 Å². The molecule has 2 bridgehead atoms. The van der Waals surface area contributed by atoms with Gasteiger partial charge in [0, 0.05) is 30.3 Å². The molecule has 0 amide bonds. The highest BCUT2D eigenvalue weighted by Gasteiger charge is 2.42. The first kappa shape index (κ1) is 16.4. The van der Waals surface area contributed by atoms with Crippen molar-refractivity contribution in [2.75, 3.05) is 20.2 Å². The van der Waals surface area contributed by atoms with Crippen molar-refractivity contribution < 1.29 is 14.6 Å². The fraction of sp³-hybridized carbons (Fsp3) is 0.450. The van der Waals surface area contributed by atoms with Crippen LogP contribution in [-0.2, 0) is 0 Å². The van der Waals surface area contributed by atoms with Gasteiger partial charge in [0.05, 0.1) is 18.6 Å². The van der Waals surface area contributed by atoms with Gasteiger partial charge in [-0.15, -0.1) is 6.58 Å². The van der Waals surface area contributed by atoms with E-state index in [1.165, 1.54) is 12.6 Å². The lowest BCUT2D eigenvalue weighted by atomic mass is 9.73. The minimum absolute atomic E-state index is 0.0897. The molecule has 2 aromatic rings. The van der Waals surface area contributed by atoms with E-state index in [2.05, 4.69) is 17.6 Å². The SMILES string of the molecule is C=C[C@@H]1CN2CC[C@H]1C[C@H]2[C@H](O)c1cc[n+]([O-])c2ccc(OC)cc12. The summed E-state index contributed by atoms with van der Waals surface area (Å²) in [5.41, 5.74) is 1.35. The third-order valence-electron chi connectivity index (χ3n) is 5.98. The molecule has 5 heteroatoms. The highest BCUT2D eigenvalue weighted by molar-refractivity contribution is 5.81. The minimum atomic E-state index is -0.621. The Morgan fingerprint density at radius 2 is 2.28 bits per heavy atom. The molecule has 0 aliphatic carbocycles. The van der Waals surface area contributed by atoms with E-state index in [1.54, 1.807) is 25.3 Å². The maximum atomic E-state index is 12.1. The van der Waals surface area contributed by atoms with E-state index in [4.69, 9.17) is 4.74 Å². The second-order valence-electron chi connectivity index (χ2n) is 7.17. The molecule has 25 heavy (non-hydrogen) atoms. The average Bonchev–Trinajstić information content (AvgIpc) is 2.67. The van der Waals surface area contributed by atoms with E-state index in [0.29, 0.717) is 23.1 Å². The number of piperidine rings is 3. The summed E-state index contributed by atoms with van der Waals surface area (Å²) in [6.07, 6.45) is 5.06. The molecule has 1 aromatic heterocycles. The quantitative estimate of drug-likeness (QED) is 0.527. The van der Waals surface area contributed by atoms with E-state index < -0.39 is 6.10 Å². The number of aliphatic hydroxyl groups is 1. The van der Waals surface area contributed by atoms with Crippen LogP contribution in [0.1, 0.15) is 24.5 Å². The lowest BCUT2D eigenvalue weighted by molar-refractivity contribution is -0.577. The number of pyridine rings is 1. The molecule has 3 saturated heterocycles. The van der Waals surface area contributed by atoms with Crippen molar-refractivity contribution in [3.8, 4) is 5.75 Å². The zero-order chi connectivity index (χ0) is 17.6. The molecule has 3 fully saturated rings. The summed E-state index contributed by atoms with van der Waals surface area (Å²) < 4.78 is 6.15. The van der Waals surface area contributed by atoms with Gasteiger partial charge in [-0.25, -0.2) is 0 Å². The highest BCUT2D eigenvalue weighted by Crippen LogP contribution is 2.42. The molecular weight excluding hydrogens is 316 g/mol. The van der Waals surface area contributed by atoms with Gasteiger partial charge in [-0.05, 0) is 43.4 Å². The van der Waals surface area contributed by atoms with Crippen LogP contribution in [0.2, 0.25) is 0 Å². The third kappa shape index (κ3) is 2.68. The molecule has 4 heterocycles. The summed E-state index contributed by atoms with van der Waals surface area (Å²) >= 11 is 0. The minimum Gasteiger partial charge on any atom is -0.618 e. The van der Waals surface area contributed by atoms with Crippen molar-refractivity contribution in [1.29, 1.82) is 0 Å². The molecular formula is C20H24N2O3. The Hall–Kier alpha value is -2.11. The van der Waals surface area contributed by atoms with Crippen LogP contribution in [0.3, 0.4) is 0 Å². The predicted octanol–water partition coefficient (Wildman–Crippen LogP) is 2.41. The number of hydrogen-bond donors (Lipinski definition) is 1. The van der Waals surface area contributed by atoms with Gasteiger partial charge in [-0.1, -0.05) is 6.08 Å². The van der Waals surface area contributed by atoms with Crippen LogP contribution >= 0.6 is 0 Å². The summed E-state index contributed by atoms with van der Waals surface area (Å²) in [7, 11) is 1.60. The standard InChI is InChI=1S/C20H24N2O3/c1-3-13-12-21-8-6-14(13)10-19(21)20(23)16-7-9-22(24)18-5-4-15(25-2)11-17(16)18/h3-5,7,9,11,13-14,19-20,23H,1,6,8,10,12H2,2H3/t13-,14+,19+,20-/m1/s1. The fourth-order valence-electron chi connectivity index (χ4n) is 4.55. The molecule has 1 unspecified atom stereocenters. The Bertz CT molecular complexity index is 807. The molecule has 3 aliphatic heterocycles. The molecule has 1 N–H and O–H groups in total. The molecule has 1 aromatic carbocycles. The molecule has 0 spiro atoms.